The molecule has 0 spiro atoms. The largest absolute Gasteiger partial charge is 0.478 e. The average molecular weight is 201 g/mol. The van der Waals surface area contributed by atoms with E-state index in [2.05, 4.69) is 0 Å². The number of carboxylic acid groups (broad SMARTS) is 1. The van der Waals surface area contributed by atoms with Gasteiger partial charge in [0.25, 0.3) is 0 Å². The van der Waals surface area contributed by atoms with E-state index in [1.54, 1.807) is 0 Å². The smallest absolute Gasteiger partial charge is 0.329 e. The van der Waals surface area contributed by atoms with Gasteiger partial charge in [-0.3, -0.25) is 0 Å². The summed E-state index contributed by atoms with van der Waals surface area (Å²) in [6.07, 6.45) is 2.40. The number of hydrogen-bond donors (Lipinski definition) is 2. The van der Waals surface area contributed by atoms with Gasteiger partial charge < -0.3 is 19.8 Å². The Bertz CT molecular complexity index is 229. The third-order valence-electron chi connectivity index (χ3n) is 2.17. The van der Waals surface area contributed by atoms with E-state index >= 15 is 0 Å². The topological polar surface area (TPSA) is 70.0 Å². The Morgan fingerprint density at radius 2 is 2.43 bits per heavy atom. The Balaban J connectivity index is 2.52. The minimum atomic E-state index is -0.968. The number of aliphatic carboxylic acids is 1. The molecule has 0 aromatic rings. The van der Waals surface area contributed by atoms with Crippen LogP contribution in [0.3, 0.4) is 0 Å². The lowest BCUT2D eigenvalue weighted by Crippen LogP contribution is -2.46. The Morgan fingerprint density at radius 3 is 3.00 bits per heavy atom. The summed E-state index contributed by atoms with van der Waals surface area (Å²) in [5.74, 6) is -0.968. The van der Waals surface area contributed by atoms with Gasteiger partial charge in [0.2, 0.25) is 0 Å². The normalized spacial score (nSPS) is 28.3. The standard InChI is InChI=1S/C9H15NO4/c1-7-6-14-8(5-11)4-10(7)3-2-9(12)13/h2-3,7-8,11H,4-6H2,1H3,(H,12,13)/b3-2+. The summed E-state index contributed by atoms with van der Waals surface area (Å²) in [4.78, 5) is 12.2. The minimum absolute atomic E-state index is 0.0376. The molecule has 0 aromatic heterocycles. The number of aliphatic hydroxyl groups excluding tert-OH is 1. The van der Waals surface area contributed by atoms with Crippen LogP contribution in [-0.4, -0.2) is 53.0 Å². The second-order valence-corrected chi connectivity index (χ2v) is 3.34. The zero-order valence-electron chi connectivity index (χ0n) is 8.09. The first kappa shape index (κ1) is 11.0. The molecule has 80 valence electrons. The van der Waals surface area contributed by atoms with Gasteiger partial charge in [-0.2, -0.15) is 0 Å². The zero-order chi connectivity index (χ0) is 10.6. The Hall–Kier alpha value is -1.07. The molecule has 0 aliphatic carbocycles. The molecule has 1 aliphatic rings. The molecule has 2 atom stereocenters. The maximum Gasteiger partial charge on any atom is 0.329 e. The van der Waals surface area contributed by atoms with Gasteiger partial charge in [0.1, 0.15) is 0 Å². The SMILES string of the molecule is CC1COC(CO)CN1/C=C/C(=O)O. The van der Waals surface area contributed by atoms with E-state index in [0.717, 1.165) is 6.08 Å². The van der Waals surface area contributed by atoms with Crippen LogP contribution in [0.4, 0.5) is 0 Å². The van der Waals surface area contributed by atoms with Crippen LogP contribution in [0, 0.1) is 0 Å². The van der Waals surface area contributed by atoms with Crippen molar-refractivity contribution >= 4 is 5.97 Å². The van der Waals surface area contributed by atoms with Crippen molar-refractivity contribution in [3.8, 4) is 0 Å². The van der Waals surface area contributed by atoms with Crippen molar-refractivity contribution in [2.75, 3.05) is 19.8 Å². The lowest BCUT2D eigenvalue weighted by molar-refractivity contribution is -0.131. The fourth-order valence-electron chi connectivity index (χ4n) is 1.32. The quantitative estimate of drug-likeness (QED) is 0.612. The van der Waals surface area contributed by atoms with Gasteiger partial charge in [-0.1, -0.05) is 0 Å². The van der Waals surface area contributed by atoms with Crippen LogP contribution in [0.1, 0.15) is 6.92 Å². The van der Waals surface area contributed by atoms with Crippen molar-refractivity contribution < 1.29 is 19.7 Å². The molecule has 1 rings (SSSR count). The molecule has 5 nitrogen and oxygen atoms in total. The highest BCUT2D eigenvalue weighted by molar-refractivity contribution is 5.79. The van der Waals surface area contributed by atoms with Gasteiger partial charge >= 0.3 is 5.97 Å². The van der Waals surface area contributed by atoms with Crippen LogP contribution >= 0.6 is 0 Å². The predicted octanol–water partition coefficient (Wildman–Crippen LogP) is -0.334. The fourth-order valence-corrected chi connectivity index (χ4v) is 1.32. The number of aliphatic hydroxyl groups is 1. The summed E-state index contributed by atoms with van der Waals surface area (Å²) in [6.45, 7) is 2.94. The lowest BCUT2D eigenvalue weighted by Gasteiger charge is -2.36. The number of carbonyl (C=O) groups is 1. The molecular formula is C9H15NO4. The summed E-state index contributed by atoms with van der Waals surface area (Å²) in [5.41, 5.74) is 0. The molecule has 1 heterocycles. The molecule has 0 amide bonds. The fraction of sp³-hybridized carbons (Fsp3) is 0.667. The highest BCUT2D eigenvalue weighted by Gasteiger charge is 2.22. The van der Waals surface area contributed by atoms with E-state index in [1.807, 2.05) is 11.8 Å². The molecule has 2 unspecified atom stereocenters. The third-order valence-corrected chi connectivity index (χ3v) is 2.17. The van der Waals surface area contributed by atoms with Gasteiger partial charge in [0, 0.05) is 24.9 Å². The van der Waals surface area contributed by atoms with Crippen LogP contribution < -0.4 is 0 Å². The second-order valence-electron chi connectivity index (χ2n) is 3.34. The van der Waals surface area contributed by atoms with E-state index in [0.29, 0.717) is 13.2 Å². The molecule has 1 saturated heterocycles. The van der Waals surface area contributed by atoms with Gasteiger partial charge in [0.15, 0.2) is 0 Å². The van der Waals surface area contributed by atoms with Crippen molar-refractivity contribution in [3.05, 3.63) is 12.3 Å². The van der Waals surface area contributed by atoms with Crippen molar-refractivity contribution in [1.29, 1.82) is 0 Å². The Labute approximate surface area is 82.6 Å². The highest BCUT2D eigenvalue weighted by Crippen LogP contribution is 2.11. The van der Waals surface area contributed by atoms with E-state index in [4.69, 9.17) is 14.9 Å². The second kappa shape index (κ2) is 4.97. The van der Waals surface area contributed by atoms with Gasteiger partial charge in [-0.25, -0.2) is 4.79 Å². The lowest BCUT2D eigenvalue weighted by atomic mass is 10.2. The molecule has 5 heteroatoms. The molecule has 2 N–H and O–H groups in total. The van der Waals surface area contributed by atoms with Gasteiger partial charge in [0.05, 0.1) is 19.3 Å². The van der Waals surface area contributed by atoms with Crippen molar-refractivity contribution in [2.45, 2.75) is 19.1 Å². The number of morpholine rings is 1. The average Bonchev–Trinajstić information content (AvgIpc) is 2.16. The zero-order valence-corrected chi connectivity index (χ0v) is 8.09. The maximum absolute atomic E-state index is 10.3. The number of ether oxygens (including phenoxy) is 1. The van der Waals surface area contributed by atoms with Crippen LogP contribution in [0.2, 0.25) is 0 Å². The molecule has 0 saturated carbocycles. The van der Waals surface area contributed by atoms with Crippen LogP contribution in [0.5, 0.6) is 0 Å². The Morgan fingerprint density at radius 1 is 1.71 bits per heavy atom. The first-order chi connectivity index (χ1) is 6.63. The number of nitrogens with zero attached hydrogens (tertiary/aromatic N) is 1. The number of rotatable bonds is 3. The van der Waals surface area contributed by atoms with E-state index < -0.39 is 5.97 Å². The molecule has 0 aromatic carbocycles. The highest BCUT2D eigenvalue weighted by atomic mass is 16.5. The van der Waals surface area contributed by atoms with Crippen molar-refractivity contribution in [2.24, 2.45) is 0 Å². The van der Waals surface area contributed by atoms with Gasteiger partial charge in [-0.15, -0.1) is 0 Å². The van der Waals surface area contributed by atoms with Crippen LogP contribution in [0.25, 0.3) is 0 Å². The minimum Gasteiger partial charge on any atom is -0.478 e. The number of carboxylic acids is 1. The molecule has 1 aliphatic heterocycles. The first-order valence-corrected chi connectivity index (χ1v) is 4.53. The van der Waals surface area contributed by atoms with E-state index in [1.165, 1.54) is 6.20 Å². The molecule has 14 heavy (non-hydrogen) atoms. The van der Waals surface area contributed by atoms with E-state index in [-0.39, 0.29) is 18.8 Å². The van der Waals surface area contributed by atoms with Crippen LogP contribution in [0.15, 0.2) is 12.3 Å². The Kier molecular flexibility index (Phi) is 3.91. The first-order valence-electron chi connectivity index (χ1n) is 4.53. The predicted molar refractivity (Wildman–Crippen MR) is 49.8 cm³/mol. The summed E-state index contributed by atoms with van der Waals surface area (Å²) < 4.78 is 5.30. The molecule has 0 radical (unpaired) electrons. The summed E-state index contributed by atoms with van der Waals surface area (Å²) in [5, 5.41) is 17.3. The summed E-state index contributed by atoms with van der Waals surface area (Å²) in [7, 11) is 0. The maximum atomic E-state index is 10.3. The third kappa shape index (κ3) is 3.01. The number of hydrogen-bond acceptors (Lipinski definition) is 4. The van der Waals surface area contributed by atoms with Crippen LogP contribution in [-0.2, 0) is 9.53 Å². The van der Waals surface area contributed by atoms with Crippen molar-refractivity contribution in [3.63, 3.8) is 0 Å². The molecule has 1 fully saturated rings. The monoisotopic (exact) mass is 201 g/mol. The van der Waals surface area contributed by atoms with E-state index in [9.17, 15) is 4.79 Å². The summed E-state index contributed by atoms with van der Waals surface area (Å²) in [6, 6.07) is 0.147. The summed E-state index contributed by atoms with van der Waals surface area (Å²) >= 11 is 0. The molecule has 0 bridgehead atoms. The molecular weight excluding hydrogens is 186 g/mol. The van der Waals surface area contributed by atoms with Gasteiger partial charge in [-0.05, 0) is 6.92 Å². The van der Waals surface area contributed by atoms with Crippen molar-refractivity contribution in [1.82, 2.24) is 4.90 Å².